The van der Waals surface area contributed by atoms with E-state index in [1.54, 1.807) is 0 Å². The van der Waals surface area contributed by atoms with Crippen LogP contribution in [0.2, 0.25) is 0 Å². The van der Waals surface area contributed by atoms with Gasteiger partial charge in [-0.15, -0.1) is 0 Å². The summed E-state index contributed by atoms with van der Waals surface area (Å²) in [6.07, 6.45) is 0. The van der Waals surface area contributed by atoms with Crippen LogP contribution in [0.4, 0.5) is 0 Å². The van der Waals surface area contributed by atoms with Crippen LogP contribution in [0.15, 0.2) is 18.2 Å². The summed E-state index contributed by atoms with van der Waals surface area (Å²) in [4.78, 5) is 12.2. The molecule has 0 amide bonds. The number of rotatable bonds is 5. The van der Waals surface area contributed by atoms with Gasteiger partial charge in [-0.3, -0.25) is 5.32 Å². The molecule has 0 aliphatic rings. The van der Waals surface area contributed by atoms with Crippen molar-refractivity contribution in [2.45, 2.75) is 40.2 Å². The summed E-state index contributed by atoms with van der Waals surface area (Å²) in [7, 11) is 1.43. The van der Waals surface area contributed by atoms with Crippen LogP contribution in [0.3, 0.4) is 0 Å². The average Bonchev–Trinajstić information content (AvgIpc) is 2.38. The van der Waals surface area contributed by atoms with E-state index in [1.165, 1.54) is 18.2 Å². The van der Waals surface area contributed by atoms with Crippen LogP contribution in [-0.2, 0) is 15.1 Å². The molecule has 0 saturated heterocycles. The van der Waals surface area contributed by atoms with E-state index >= 15 is 0 Å². The summed E-state index contributed by atoms with van der Waals surface area (Å²) in [6.45, 7) is 11.0. The minimum Gasteiger partial charge on any atom is -0.467 e. The van der Waals surface area contributed by atoms with Crippen LogP contribution < -0.4 is 5.32 Å². The Morgan fingerprint density at radius 1 is 1.32 bits per heavy atom. The van der Waals surface area contributed by atoms with Crippen molar-refractivity contribution in [2.24, 2.45) is 5.92 Å². The van der Waals surface area contributed by atoms with Crippen LogP contribution in [-0.4, -0.2) is 19.6 Å². The normalized spacial score (nSPS) is 14.3. The molecule has 0 aliphatic heterocycles. The van der Waals surface area contributed by atoms with Gasteiger partial charge in [0.25, 0.3) is 0 Å². The third-order valence-corrected chi connectivity index (χ3v) is 3.54. The van der Waals surface area contributed by atoms with Gasteiger partial charge in [-0.2, -0.15) is 0 Å². The zero-order valence-corrected chi connectivity index (χ0v) is 12.8. The van der Waals surface area contributed by atoms with Crippen LogP contribution in [0.1, 0.15) is 37.5 Å². The van der Waals surface area contributed by atoms with E-state index < -0.39 is 5.54 Å². The van der Waals surface area contributed by atoms with Crippen molar-refractivity contribution in [1.29, 1.82) is 0 Å². The van der Waals surface area contributed by atoms with Gasteiger partial charge >= 0.3 is 5.97 Å². The quantitative estimate of drug-likeness (QED) is 0.830. The van der Waals surface area contributed by atoms with Gasteiger partial charge in [0.2, 0.25) is 0 Å². The number of carbonyl (C=O) groups is 1. The summed E-state index contributed by atoms with van der Waals surface area (Å²) < 4.78 is 4.97. The number of methoxy groups -OCH3 is 1. The number of aryl methyl sites for hydroxylation is 2. The highest BCUT2D eigenvalue weighted by Gasteiger charge is 2.36. The van der Waals surface area contributed by atoms with Crippen molar-refractivity contribution in [3.05, 3.63) is 34.9 Å². The molecular weight excluding hydrogens is 238 g/mol. The standard InChI is InChI=1S/C16H25NO2/c1-11(2)10-17-16(5,15(18)19-6)14-8-7-12(3)13(4)9-14/h7-9,11,17H,10H2,1-6H3. The van der Waals surface area contributed by atoms with E-state index in [2.05, 4.69) is 39.1 Å². The monoisotopic (exact) mass is 263 g/mol. The molecule has 1 aromatic rings. The van der Waals surface area contributed by atoms with Gasteiger partial charge in [0.05, 0.1) is 7.11 Å². The molecule has 1 N–H and O–H groups in total. The lowest BCUT2D eigenvalue weighted by Gasteiger charge is -2.30. The Balaban J connectivity index is 3.14. The van der Waals surface area contributed by atoms with Crippen LogP contribution in [0, 0.1) is 19.8 Å². The Morgan fingerprint density at radius 3 is 2.42 bits per heavy atom. The Morgan fingerprint density at radius 2 is 1.95 bits per heavy atom. The molecular formula is C16H25NO2. The van der Waals surface area contributed by atoms with Crippen molar-refractivity contribution in [1.82, 2.24) is 5.32 Å². The molecule has 1 rings (SSSR count). The topological polar surface area (TPSA) is 38.3 Å². The molecule has 0 spiro atoms. The number of hydrogen-bond donors (Lipinski definition) is 1. The predicted octanol–water partition coefficient (Wildman–Crippen LogP) is 2.94. The van der Waals surface area contributed by atoms with E-state index in [0.29, 0.717) is 5.92 Å². The van der Waals surface area contributed by atoms with E-state index in [4.69, 9.17) is 4.74 Å². The second-order valence-electron chi connectivity index (χ2n) is 5.69. The molecule has 1 unspecified atom stereocenters. The molecule has 0 fully saturated rings. The maximum atomic E-state index is 12.2. The minimum absolute atomic E-state index is 0.253. The number of esters is 1. The third kappa shape index (κ3) is 3.57. The number of carbonyl (C=O) groups excluding carboxylic acids is 1. The van der Waals surface area contributed by atoms with Gasteiger partial charge in [-0.1, -0.05) is 32.0 Å². The molecule has 0 heterocycles. The first-order valence-electron chi connectivity index (χ1n) is 6.72. The Labute approximate surface area is 116 Å². The smallest absolute Gasteiger partial charge is 0.330 e. The lowest BCUT2D eigenvalue weighted by molar-refractivity contribution is -0.148. The molecule has 0 aliphatic carbocycles. The molecule has 0 aromatic heterocycles. The molecule has 3 heteroatoms. The molecule has 19 heavy (non-hydrogen) atoms. The first-order chi connectivity index (χ1) is 8.81. The van der Waals surface area contributed by atoms with Crippen molar-refractivity contribution in [3.63, 3.8) is 0 Å². The molecule has 0 bridgehead atoms. The van der Waals surface area contributed by atoms with Gasteiger partial charge in [-0.05, 0) is 49.9 Å². The lowest BCUT2D eigenvalue weighted by atomic mass is 9.89. The molecule has 0 radical (unpaired) electrons. The van der Waals surface area contributed by atoms with Crippen molar-refractivity contribution in [3.8, 4) is 0 Å². The number of hydrogen-bond acceptors (Lipinski definition) is 3. The first-order valence-corrected chi connectivity index (χ1v) is 6.72. The molecule has 1 atom stereocenters. The van der Waals surface area contributed by atoms with Crippen molar-refractivity contribution in [2.75, 3.05) is 13.7 Å². The largest absolute Gasteiger partial charge is 0.467 e. The second kappa shape index (κ2) is 6.20. The molecule has 106 valence electrons. The Bertz CT molecular complexity index is 454. The molecule has 3 nitrogen and oxygen atoms in total. The fraction of sp³-hybridized carbons (Fsp3) is 0.562. The van der Waals surface area contributed by atoms with Gasteiger partial charge in [0.1, 0.15) is 5.54 Å². The first kappa shape index (κ1) is 15.7. The highest BCUT2D eigenvalue weighted by molar-refractivity contribution is 5.82. The SMILES string of the molecule is COC(=O)C(C)(NCC(C)C)c1ccc(C)c(C)c1. The third-order valence-electron chi connectivity index (χ3n) is 3.54. The average molecular weight is 263 g/mol. The second-order valence-corrected chi connectivity index (χ2v) is 5.69. The van der Waals surface area contributed by atoms with Crippen LogP contribution in [0.25, 0.3) is 0 Å². The fourth-order valence-electron chi connectivity index (χ4n) is 1.96. The van der Waals surface area contributed by atoms with E-state index in [1.807, 2.05) is 19.1 Å². The summed E-state index contributed by atoms with van der Waals surface area (Å²) in [5.74, 6) is 0.215. The summed E-state index contributed by atoms with van der Waals surface area (Å²) in [5.41, 5.74) is 2.55. The van der Waals surface area contributed by atoms with Gasteiger partial charge in [-0.25, -0.2) is 4.79 Å². The van der Waals surface area contributed by atoms with Crippen molar-refractivity contribution < 1.29 is 9.53 Å². The number of ether oxygens (including phenoxy) is 1. The maximum Gasteiger partial charge on any atom is 0.330 e. The zero-order chi connectivity index (χ0) is 14.6. The Kier molecular flexibility index (Phi) is 5.12. The fourth-order valence-corrected chi connectivity index (χ4v) is 1.96. The van der Waals surface area contributed by atoms with Crippen LogP contribution in [0.5, 0.6) is 0 Å². The zero-order valence-electron chi connectivity index (χ0n) is 12.8. The summed E-state index contributed by atoms with van der Waals surface area (Å²) in [5, 5.41) is 3.33. The number of benzene rings is 1. The van der Waals surface area contributed by atoms with E-state index in [-0.39, 0.29) is 5.97 Å². The van der Waals surface area contributed by atoms with Gasteiger partial charge < -0.3 is 4.74 Å². The maximum absolute atomic E-state index is 12.2. The molecule has 0 saturated carbocycles. The van der Waals surface area contributed by atoms with E-state index in [0.717, 1.165) is 12.1 Å². The lowest BCUT2D eigenvalue weighted by Crippen LogP contribution is -2.48. The summed E-state index contributed by atoms with van der Waals surface area (Å²) in [6, 6.07) is 6.09. The van der Waals surface area contributed by atoms with E-state index in [9.17, 15) is 4.79 Å². The van der Waals surface area contributed by atoms with Gasteiger partial charge in [0, 0.05) is 0 Å². The highest BCUT2D eigenvalue weighted by atomic mass is 16.5. The minimum atomic E-state index is -0.794. The summed E-state index contributed by atoms with van der Waals surface area (Å²) >= 11 is 0. The van der Waals surface area contributed by atoms with Crippen LogP contribution >= 0.6 is 0 Å². The Hall–Kier alpha value is -1.35. The predicted molar refractivity (Wildman–Crippen MR) is 78.1 cm³/mol. The van der Waals surface area contributed by atoms with Gasteiger partial charge in [0.15, 0.2) is 0 Å². The number of nitrogens with one attached hydrogen (secondary N) is 1. The molecule has 1 aromatic carbocycles. The highest BCUT2D eigenvalue weighted by Crippen LogP contribution is 2.25. The van der Waals surface area contributed by atoms with Crippen molar-refractivity contribution >= 4 is 5.97 Å².